The average molecular weight is 457 g/mol. The zero-order valence-electron chi connectivity index (χ0n) is 20.0. The lowest BCUT2D eigenvalue weighted by Crippen LogP contribution is -2.10. The summed E-state index contributed by atoms with van der Waals surface area (Å²) in [6.07, 6.45) is 3.29. The zero-order chi connectivity index (χ0) is 24.2. The molecule has 6 heteroatoms. The van der Waals surface area contributed by atoms with Gasteiger partial charge in [-0.05, 0) is 48.9 Å². The highest BCUT2D eigenvalue weighted by molar-refractivity contribution is 6.05. The molecule has 0 radical (unpaired) electrons. The maximum absolute atomic E-state index is 12.7. The monoisotopic (exact) mass is 456 g/mol. The van der Waals surface area contributed by atoms with Crippen LogP contribution in [0, 0.1) is 0 Å². The summed E-state index contributed by atoms with van der Waals surface area (Å²) in [5.41, 5.74) is 5.91. The summed E-state index contributed by atoms with van der Waals surface area (Å²) in [5.74, 6) is 1.18. The lowest BCUT2D eigenvalue weighted by atomic mass is 9.98. The number of ether oxygens (including phenoxy) is 2. The molecule has 0 aliphatic carbocycles. The molecule has 1 N–H and O–H groups in total. The maximum Gasteiger partial charge on any atom is 0.248 e. The van der Waals surface area contributed by atoms with Crippen LogP contribution in [0.4, 0.5) is 11.4 Å². The van der Waals surface area contributed by atoms with Gasteiger partial charge in [0, 0.05) is 59.7 Å². The van der Waals surface area contributed by atoms with Crippen molar-refractivity contribution < 1.29 is 18.7 Å². The van der Waals surface area contributed by atoms with Crippen LogP contribution in [0.2, 0.25) is 0 Å². The Kier molecular flexibility index (Phi) is 6.59. The van der Waals surface area contributed by atoms with E-state index >= 15 is 0 Å². The van der Waals surface area contributed by atoms with Gasteiger partial charge in [-0.3, -0.25) is 4.79 Å². The molecule has 4 aromatic rings. The van der Waals surface area contributed by atoms with Gasteiger partial charge in [0.25, 0.3) is 0 Å². The molecule has 0 saturated heterocycles. The lowest BCUT2D eigenvalue weighted by molar-refractivity contribution is -0.111. The van der Waals surface area contributed by atoms with Crippen molar-refractivity contribution in [2.24, 2.45) is 0 Å². The molecule has 1 aromatic heterocycles. The first-order valence-corrected chi connectivity index (χ1v) is 10.9. The fourth-order valence-corrected chi connectivity index (χ4v) is 3.90. The van der Waals surface area contributed by atoms with Crippen molar-refractivity contribution in [2.45, 2.75) is 6.92 Å². The highest BCUT2D eigenvalue weighted by atomic mass is 16.5. The molecule has 1 heterocycles. The summed E-state index contributed by atoms with van der Waals surface area (Å²) < 4.78 is 17.0. The number of nitrogens with one attached hydrogen (secondary N) is 1. The van der Waals surface area contributed by atoms with Crippen LogP contribution in [-0.2, 0) is 4.79 Å². The number of furan rings is 1. The Morgan fingerprint density at radius 2 is 1.65 bits per heavy atom. The van der Waals surface area contributed by atoms with Crippen molar-refractivity contribution in [1.29, 1.82) is 0 Å². The van der Waals surface area contributed by atoms with Crippen LogP contribution in [-0.4, -0.2) is 34.2 Å². The van der Waals surface area contributed by atoms with Crippen molar-refractivity contribution in [3.05, 3.63) is 78.6 Å². The number of hydrogen-bond acceptors (Lipinski definition) is 5. The van der Waals surface area contributed by atoms with Crippen LogP contribution in [0.15, 0.2) is 77.4 Å². The summed E-state index contributed by atoms with van der Waals surface area (Å²) in [5, 5.41) is 3.83. The van der Waals surface area contributed by atoms with Gasteiger partial charge in [0.15, 0.2) is 0 Å². The van der Waals surface area contributed by atoms with Crippen LogP contribution in [0.3, 0.4) is 0 Å². The van der Waals surface area contributed by atoms with Crippen LogP contribution < -0.4 is 19.7 Å². The minimum atomic E-state index is -0.214. The van der Waals surface area contributed by atoms with Gasteiger partial charge in [0.2, 0.25) is 5.91 Å². The third-order valence-corrected chi connectivity index (χ3v) is 5.72. The van der Waals surface area contributed by atoms with E-state index < -0.39 is 0 Å². The van der Waals surface area contributed by atoms with E-state index in [1.807, 2.05) is 86.6 Å². The number of allylic oxidation sites excluding steroid dienone is 1. The fraction of sp³-hybridized carbons (Fsp3) is 0.179. The van der Waals surface area contributed by atoms with E-state index in [2.05, 4.69) is 5.32 Å². The maximum atomic E-state index is 12.7. The van der Waals surface area contributed by atoms with Crippen LogP contribution in [0.5, 0.6) is 11.5 Å². The molecule has 1 amide bonds. The molecular weight excluding hydrogens is 428 g/mol. The summed E-state index contributed by atoms with van der Waals surface area (Å²) in [6.45, 7) is 1.89. The number of carbonyl (C=O) groups excluding carboxylic acids is 1. The highest BCUT2D eigenvalue weighted by Gasteiger charge is 2.17. The van der Waals surface area contributed by atoms with Crippen molar-refractivity contribution in [1.82, 2.24) is 0 Å². The van der Waals surface area contributed by atoms with Gasteiger partial charge in [0.1, 0.15) is 17.1 Å². The molecule has 3 aromatic carbocycles. The smallest absolute Gasteiger partial charge is 0.248 e. The van der Waals surface area contributed by atoms with E-state index in [0.29, 0.717) is 11.3 Å². The van der Waals surface area contributed by atoms with Crippen LogP contribution in [0.25, 0.3) is 27.7 Å². The molecule has 0 aliphatic heterocycles. The summed E-state index contributed by atoms with van der Waals surface area (Å²) in [7, 11) is 7.20. The molecule has 0 saturated carbocycles. The topological polar surface area (TPSA) is 63.9 Å². The Morgan fingerprint density at radius 1 is 0.941 bits per heavy atom. The summed E-state index contributed by atoms with van der Waals surface area (Å²) in [6, 6.07) is 19.3. The number of carbonyl (C=O) groups is 1. The molecule has 0 fully saturated rings. The first-order chi connectivity index (χ1) is 16.4. The fourth-order valence-electron chi connectivity index (χ4n) is 3.90. The molecule has 0 aliphatic rings. The van der Waals surface area contributed by atoms with Crippen molar-refractivity contribution in [2.75, 3.05) is 38.5 Å². The molecule has 34 heavy (non-hydrogen) atoms. The first-order valence-electron chi connectivity index (χ1n) is 10.9. The van der Waals surface area contributed by atoms with Gasteiger partial charge in [-0.15, -0.1) is 0 Å². The normalized spacial score (nSPS) is 11.4. The third kappa shape index (κ3) is 4.62. The van der Waals surface area contributed by atoms with E-state index in [9.17, 15) is 4.79 Å². The molecule has 0 bridgehead atoms. The van der Waals surface area contributed by atoms with Crippen molar-refractivity contribution in [3.8, 4) is 22.6 Å². The number of fused-ring (bicyclic) bond motifs is 1. The Bertz CT molecular complexity index is 1350. The lowest BCUT2D eigenvalue weighted by Gasteiger charge is -2.13. The molecule has 6 nitrogen and oxygen atoms in total. The number of methoxy groups -OCH3 is 2. The van der Waals surface area contributed by atoms with Gasteiger partial charge in [0.05, 0.1) is 20.5 Å². The van der Waals surface area contributed by atoms with Gasteiger partial charge in [-0.1, -0.05) is 18.2 Å². The number of anilines is 2. The second kappa shape index (κ2) is 9.75. The molecule has 0 atom stereocenters. The predicted octanol–water partition coefficient (Wildman–Crippen LogP) is 6.23. The standard InChI is InChI=1S/C28H28N2O4/c1-18(14-28(31)29-19-10-12-20(13-11-19)30(2)3)22-15-23-24(17-34-27(23)16-26(22)33-5)21-8-6-7-9-25(21)32-4/h6-17H,1-5H3,(H,29,31)/b18-14+. The Hall–Kier alpha value is -4.19. The van der Waals surface area contributed by atoms with E-state index in [1.54, 1.807) is 26.6 Å². The zero-order valence-corrected chi connectivity index (χ0v) is 20.0. The first kappa shape index (κ1) is 23.0. The number of hydrogen-bond donors (Lipinski definition) is 1. The Labute approximate surface area is 199 Å². The van der Waals surface area contributed by atoms with Gasteiger partial charge in [-0.25, -0.2) is 0 Å². The van der Waals surface area contributed by atoms with Crippen molar-refractivity contribution in [3.63, 3.8) is 0 Å². The number of rotatable bonds is 7. The summed E-state index contributed by atoms with van der Waals surface area (Å²) in [4.78, 5) is 14.7. The molecule has 0 spiro atoms. The van der Waals surface area contributed by atoms with Crippen LogP contribution >= 0.6 is 0 Å². The SMILES string of the molecule is COc1cc2occ(-c3ccccc3OC)c2cc1/C(C)=C/C(=O)Nc1ccc(N(C)C)cc1. The molecular formula is C28H28N2O4. The predicted molar refractivity (Wildman–Crippen MR) is 138 cm³/mol. The number of nitrogens with zero attached hydrogens (tertiary/aromatic N) is 1. The van der Waals surface area contributed by atoms with Gasteiger partial charge >= 0.3 is 0 Å². The van der Waals surface area contributed by atoms with Gasteiger partial charge < -0.3 is 24.1 Å². The Morgan fingerprint density at radius 3 is 2.32 bits per heavy atom. The average Bonchev–Trinajstić information content (AvgIpc) is 3.26. The van der Waals surface area contributed by atoms with Crippen molar-refractivity contribution >= 4 is 33.8 Å². The van der Waals surface area contributed by atoms with E-state index in [0.717, 1.165) is 44.8 Å². The van der Waals surface area contributed by atoms with E-state index in [4.69, 9.17) is 13.9 Å². The molecule has 174 valence electrons. The highest BCUT2D eigenvalue weighted by Crippen LogP contribution is 2.40. The largest absolute Gasteiger partial charge is 0.496 e. The quantitative estimate of drug-likeness (QED) is 0.334. The number of amides is 1. The van der Waals surface area contributed by atoms with Gasteiger partial charge in [-0.2, -0.15) is 0 Å². The second-order valence-electron chi connectivity index (χ2n) is 8.16. The minimum Gasteiger partial charge on any atom is -0.496 e. The Balaban J connectivity index is 1.68. The van der Waals surface area contributed by atoms with Crippen LogP contribution in [0.1, 0.15) is 12.5 Å². The van der Waals surface area contributed by atoms with E-state index in [1.165, 1.54) is 0 Å². The number of para-hydroxylation sites is 1. The van der Waals surface area contributed by atoms with E-state index in [-0.39, 0.29) is 5.91 Å². The molecule has 4 rings (SSSR count). The third-order valence-electron chi connectivity index (χ3n) is 5.72. The summed E-state index contributed by atoms with van der Waals surface area (Å²) >= 11 is 0. The molecule has 0 unspecified atom stereocenters. The number of benzene rings is 3. The second-order valence-corrected chi connectivity index (χ2v) is 8.16. The minimum absolute atomic E-state index is 0.214.